The smallest absolute Gasteiger partial charge is 0.251 e. The highest BCUT2D eigenvalue weighted by atomic mass is 16.5. The van der Waals surface area contributed by atoms with Crippen LogP contribution in [0.15, 0.2) is 18.3 Å². The highest BCUT2D eigenvalue weighted by molar-refractivity contribution is 6.04. The Bertz CT molecular complexity index is 1380. The van der Waals surface area contributed by atoms with Crippen molar-refractivity contribution in [3.63, 3.8) is 0 Å². The van der Waals surface area contributed by atoms with Crippen molar-refractivity contribution in [1.82, 2.24) is 20.2 Å². The van der Waals surface area contributed by atoms with Gasteiger partial charge in [0.1, 0.15) is 17.5 Å². The van der Waals surface area contributed by atoms with E-state index in [0.29, 0.717) is 42.2 Å². The lowest BCUT2D eigenvalue weighted by atomic mass is 9.89. The lowest BCUT2D eigenvalue weighted by Crippen LogP contribution is -2.55. The number of likely N-dealkylation sites (N-methyl/N-ethyl adjacent to an activating group) is 1. The van der Waals surface area contributed by atoms with E-state index in [2.05, 4.69) is 39.4 Å². The Hall–Kier alpha value is -3.40. The Balaban J connectivity index is 1.12. The number of fused-ring (bicyclic) bond motifs is 3. The van der Waals surface area contributed by atoms with Crippen molar-refractivity contribution in [3.8, 4) is 5.75 Å². The van der Waals surface area contributed by atoms with E-state index in [1.165, 1.54) is 19.3 Å². The zero-order chi connectivity index (χ0) is 29.0. The van der Waals surface area contributed by atoms with E-state index < -0.39 is 0 Å². The van der Waals surface area contributed by atoms with Crippen LogP contribution in [0.1, 0.15) is 74.2 Å². The summed E-state index contributed by atoms with van der Waals surface area (Å²) in [5, 5.41) is 6.74. The monoisotopic (exact) mass is 573 g/mol. The highest BCUT2D eigenvalue weighted by Crippen LogP contribution is 2.42. The third-order valence-corrected chi connectivity index (χ3v) is 10.4. The van der Waals surface area contributed by atoms with Gasteiger partial charge in [0, 0.05) is 43.2 Å². The molecule has 2 aromatic rings. The summed E-state index contributed by atoms with van der Waals surface area (Å²) >= 11 is 0. The van der Waals surface area contributed by atoms with Gasteiger partial charge < -0.3 is 30.1 Å². The van der Waals surface area contributed by atoms with Crippen molar-refractivity contribution >= 4 is 35.0 Å². The molecule has 3 fully saturated rings. The molecule has 2 amide bonds. The summed E-state index contributed by atoms with van der Waals surface area (Å²) < 4.78 is 6.07. The molecule has 10 heteroatoms. The fourth-order valence-corrected chi connectivity index (χ4v) is 8.22. The predicted octanol–water partition coefficient (Wildman–Crippen LogP) is 4.12. The summed E-state index contributed by atoms with van der Waals surface area (Å²) in [6.07, 6.45) is 11.0. The van der Waals surface area contributed by atoms with Crippen molar-refractivity contribution in [2.45, 2.75) is 82.8 Å². The van der Waals surface area contributed by atoms with Gasteiger partial charge in [0.2, 0.25) is 11.9 Å². The lowest BCUT2D eigenvalue weighted by Gasteiger charge is -2.43. The summed E-state index contributed by atoms with van der Waals surface area (Å²) in [7, 11) is 4.01. The summed E-state index contributed by atoms with van der Waals surface area (Å²) in [5.74, 6) is 3.48. The number of likely N-dealkylation sites (tertiary alicyclic amines) is 1. The minimum absolute atomic E-state index is 0.00384. The molecule has 4 atom stereocenters. The number of nitrogens with one attached hydrogen (secondary N) is 2. The number of hydrogen-bond acceptors (Lipinski definition) is 8. The van der Waals surface area contributed by atoms with Gasteiger partial charge in [-0.25, -0.2) is 4.98 Å². The molecule has 5 aliphatic rings. The molecule has 0 radical (unpaired) electrons. The van der Waals surface area contributed by atoms with E-state index >= 15 is 0 Å². The maximum atomic E-state index is 13.5. The fourth-order valence-electron chi connectivity index (χ4n) is 8.22. The highest BCUT2D eigenvalue weighted by Gasteiger charge is 2.42. The second-order valence-electron chi connectivity index (χ2n) is 13.0. The van der Waals surface area contributed by atoms with Gasteiger partial charge in [0.25, 0.3) is 5.91 Å². The topological polar surface area (TPSA) is 103 Å². The number of aromatic nitrogens is 2. The molecule has 1 saturated heterocycles. The van der Waals surface area contributed by atoms with E-state index in [1.807, 2.05) is 19.2 Å². The average molecular weight is 574 g/mol. The molecule has 42 heavy (non-hydrogen) atoms. The van der Waals surface area contributed by atoms with Gasteiger partial charge in [-0.2, -0.15) is 4.98 Å². The van der Waals surface area contributed by atoms with Crippen molar-refractivity contribution in [2.24, 2.45) is 11.8 Å². The molecule has 224 valence electrons. The molecular weight excluding hydrogens is 530 g/mol. The third kappa shape index (κ3) is 4.77. The maximum Gasteiger partial charge on any atom is 0.251 e. The normalized spacial score (nSPS) is 27.5. The van der Waals surface area contributed by atoms with E-state index in [0.717, 1.165) is 73.9 Å². The van der Waals surface area contributed by atoms with Crippen molar-refractivity contribution in [1.29, 1.82) is 0 Å². The van der Waals surface area contributed by atoms with E-state index in [4.69, 9.17) is 9.72 Å². The van der Waals surface area contributed by atoms with E-state index in [1.54, 1.807) is 11.1 Å². The predicted molar refractivity (Wildman–Crippen MR) is 163 cm³/mol. The first-order valence-corrected chi connectivity index (χ1v) is 15.9. The Morgan fingerprint density at radius 2 is 1.93 bits per heavy atom. The van der Waals surface area contributed by atoms with Crippen LogP contribution >= 0.6 is 0 Å². The molecule has 1 aromatic carbocycles. The van der Waals surface area contributed by atoms with E-state index in [-0.39, 0.29) is 23.9 Å². The number of piperidine rings is 1. The zero-order valence-electron chi connectivity index (χ0n) is 25.1. The number of rotatable bonds is 6. The summed E-state index contributed by atoms with van der Waals surface area (Å²) in [6.45, 7) is 4.90. The van der Waals surface area contributed by atoms with Crippen LogP contribution in [0.2, 0.25) is 0 Å². The van der Waals surface area contributed by atoms with Crippen molar-refractivity contribution in [3.05, 3.63) is 29.5 Å². The minimum atomic E-state index is -0.219. The Labute approximate surface area is 248 Å². The summed E-state index contributed by atoms with van der Waals surface area (Å²) in [4.78, 5) is 42.7. The van der Waals surface area contributed by atoms with E-state index in [9.17, 15) is 9.59 Å². The molecule has 2 saturated carbocycles. The quantitative estimate of drug-likeness (QED) is 0.532. The third-order valence-electron chi connectivity index (χ3n) is 10.4. The summed E-state index contributed by atoms with van der Waals surface area (Å²) in [6, 6.07) is 4.14. The van der Waals surface area contributed by atoms with Crippen LogP contribution in [0.3, 0.4) is 0 Å². The van der Waals surface area contributed by atoms with Gasteiger partial charge in [0.15, 0.2) is 5.82 Å². The summed E-state index contributed by atoms with van der Waals surface area (Å²) in [5.41, 5.74) is 3.14. The van der Waals surface area contributed by atoms with Gasteiger partial charge in [-0.15, -0.1) is 0 Å². The fraction of sp³-hybridized carbons (Fsp3) is 0.625. The first kappa shape index (κ1) is 27.4. The SMILES string of the molecule is CC[C@@H]1C(=O)N(C)c2cnc(Nc3ccc(C(=O)N[C@@H]4C[C@H]5CCN(C)C[C@H]5C4)c4c3OCC4)nc2N1C1CCCC1. The zero-order valence-corrected chi connectivity index (χ0v) is 25.1. The van der Waals surface area contributed by atoms with Gasteiger partial charge in [-0.05, 0) is 76.1 Å². The van der Waals surface area contributed by atoms with Crippen LogP contribution in [0.4, 0.5) is 23.1 Å². The maximum absolute atomic E-state index is 13.5. The molecule has 0 spiro atoms. The number of carbonyl (C=O) groups is 2. The molecule has 4 heterocycles. The molecule has 10 nitrogen and oxygen atoms in total. The molecule has 0 unspecified atom stereocenters. The minimum Gasteiger partial charge on any atom is -0.491 e. The number of nitrogens with zero attached hydrogens (tertiary/aromatic N) is 5. The second-order valence-corrected chi connectivity index (χ2v) is 13.0. The van der Waals surface area contributed by atoms with Crippen molar-refractivity contribution < 1.29 is 14.3 Å². The second kappa shape index (κ2) is 11.0. The largest absolute Gasteiger partial charge is 0.491 e. The molecular formula is C32H43N7O3. The van der Waals surface area contributed by atoms with Crippen LogP contribution in [0, 0.1) is 11.8 Å². The van der Waals surface area contributed by atoms with Gasteiger partial charge in [-0.3, -0.25) is 9.59 Å². The van der Waals surface area contributed by atoms with Crippen LogP contribution in [0.5, 0.6) is 5.75 Å². The number of carbonyl (C=O) groups excluding carboxylic acids is 2. The molecule has 0 bridgehead atoms. The molecule has 1 aromatic heterocycles. The molecule has 2 aliphatic carbocycles. The Morgan fingerprint density at radius 3 is 2.74 bits per heavy atom. The lowest BCUT2D eigenvalue weighted by molar-refractivity contribution is -0.120. The first-order chi connectivity index (χ1) is 20.4. The molecule has 7 rings (SSSR count). The number of benzene rings is 1. The Morgan fingerprint density at radius 1 is 1.12 bits per heavy atom. The van der Waals surface area contributed by atoms with Crippen LogP contribution < -0.4 is 25.2 Å². The van der Waals surface area contributed by atoms with Crippen LogP contribution in [-0.2, 0) is 11.2 Å². The molecule has 3 aliphatic heterocycles. The first-order valence-electron chi connectivity index (χ1n) is 15.9. The van der Waals surface area contributed by atoms with Crippen LogP contribution in [0.25, 0.3) is 0 Å². The number of anilines is 4. The van der Waals surface area contributed by atoms with Gasteiger partial charge in [-0.1, -0.05) is 19.8 Å². The average Bonchev–Trinajstić information content (AvgIpc) is 3.76. The van der Waals surface area contributed by atoms with Crippen molar-refractivity contribution in [2.75, 3.05) is 48.9 Å². The standard InChI is InChI=1S/C32H43N7O3/c1-4-26-31(41)38(3)27-17-33-32(36-29(27)39(26)22-7-5-6-8-22)35-25-10-9-24(23-12-14-42-28(23)25)30(40)34-21-15-19-11-13-37(2)18-20(19)16-21/h9-10,17,19-22,26H,4-8,11-16,18H2,1-3H3,(H,34,40)(H,33,35,36)/t19-,20-,21-,26-/m1/s1. The van der Waals surface area contributed by atoms with Gasteiger partial charge in [0.05, 0.1) is 18.5 Å². The number of hydrogen-bond donors (Lipinski definition) is 2. The molecule has 2 N–H and O–H groups in total. The number of amides is 2. The van der Waals surface area contributed by atoms with Crippen LogP contribution in [-0.4, -0.2) is 78.6 Å². The Kier molecular flexibility index (Phi) is 7.20. The number of ether oxygens (including phenoxy) is 1. The van der Waals surface area contributed by atoms with Gasteiger partial charge >= 0.3 is 0 Å².